The van der Waals surface area contributed by atoms with Crippen LogP contribution in [0.25, 0.3) is 5.69 Å². The summed E-state index contributed by atoms with van der Waals surface area (Å²) in [7, 11) is 0. The van der Waals surface area contributed by atoms with Crippen LogP contribution in [0.5, 0.6) is 0 Å². The van der Waals surface area contributed by atoms with Crippen molar-refractivity contribution in [2.45, 2.75) is 38.6 Å². The molecule has 1 saturated heterocycles. The highest BCUT2D eigenvalue weighted by Gasteiger charge is 2.26. The van der Waals surface area contributed by atoms with Crippen LogP contribution in [-0.2, 0) is 6.42 Å². The topological polar surface area (TPSA) is 74.0 Å². The number of hydrogen-bond acceptors (Lipinski definition) is 5. The maximum absolute atomic E-state index is 13.4. The minimum Gasteiger partial charge on any atom is -0.369 e. The molecule has 2 heterocycles. The molecule has 1 aliphatic rings. The van der Waals surface area contributed by atoms with E-state index in [1.807, 2.05) is 31.2 Å². The third-order valence-corrected chi connectivity index (χ3v) is 7.58. The summed E-state index contributed by atoms with van der Waals surface area (Å²) in [6, 6.07) is 28.0. The molecule has 6 nitrogen and oxygen atoms in total. The second kappa shape index (κ2) is 12.3. The number of halogens is 1. The maximum Gasteiger partial charge on any atom is 0.214 e. The molecular weight excluding hydrogens is 506 g/mol. The molecule has 0 saturated carbocycles. The monoisotopic (exact) mass is 537 g/mol. The van der Waals surface area contributed by atoms with Crippen LogP contribution in [0.15, 0.2) is 78.9 Å². The van der Waals surface area contributed by atoms with Crippen LogP contribution in [0.1, 0.15) is 52.0 Å². The Kier molecular flexibility index (Phi) is 8.41. The summed E-state index contributed by atoms with van der Waals surface area (Å²) in [6.45, 7) is 4.70. The third-order valence-electron chi connectivity index (χ3n) is 7.33. The number of nitrogens with one attached hydrogen (secondary N) is 1. The molecule has 0 radical (unpaired) electrons. The summed E-state index contributed by atoms with van der Waals surface area (Å²) < 4.78 is 1.64. The van der Waals surface area contributed by atoms with Gasteiger partial charge in [-0.15, -0.1) is 0 Å². The molecule has 4 aromatic rings. The van der Waals surface area contributed by atoms with Gasteiger partial charge in [0.2, 0.25) is 5.78 Å². The van der Waals surface area contributed by atoms with Gasteiger partial charge in [-0.1, -0.05) is 71.8 Å². The van der Waals surface area contributed by atoms with Crippen molar-refractivity contribution in [2.24, 2.45) is 0 Å². The average molecular weight is 538 g/mol. The third kappa shape index (κ3) is 6.22. The lowest BCUT2D eigenvalue weighted by molar-refractivity contribution is 0.103. The van der Waals surface area contributed by atoms with Crippen molar-refractivity contribution in [1.29, 1.82) is 5.26 Å². The molecule has 1 aromatic heterocycles. The number of hydrogen-bond donors (Lipinski definition) is 1. The van der Waals surface area contributed by atoms with Crippen molar-refractivity contribution in [3.05, 3.63) is 112 Å². The predicted molar refractivity (Wildman–Crippen MR) is 156 cm³/mol. The zero-order chi connectivity index (χ0) is 27.2. The molecule has 5 rings (SSSR count). The lowest BCUT2D eigenvalue weighted by atomic mass is 10.0. The Labute approximate surface area is 234 Å². The van der Waals surface area contributed by atoms with Crippen LogP contribution in [0.3, 0.4) is 0 Å². The van der Waals surface area contributed by atoms with Gasteiger partial charge in [-0.05, 0) is 69.0 Å². The first-order valence-electron chi connectivity index (χ1n) is 13.5. The SMILES string of the molecule is Cc1ccc(C(=O)c2nn(-c3ccc(Cl)cc3)c(NCCCN3CCCC3Cc3ccccc3)c2C#N)cc1. The number of anilines is 1. The van der Waals surface area contributed by atoms with Crippen molar-refractivity contribution in [1.82, 2.24) is 14.7 Å². The first-order chi connectivity index (χ1) is 19.0. The minimum absolute atomic E-state index is 0.140. The van der Waals surface area contributed by atoms with Crippen molar-refractivity contribution >= 4 is 23.2 Å². The zero-order valence-electron chi connectivity index (χ0n) is 22.1. The van der Waals surface area contributed by atoms with Gasteiger partial charge in [0, 0.05) is 29.7 Å². The standard InChI is InChI=1S/C32H32ClN5O/c1-23-10-12-25(13-11-23)31(39)30-29(22-34)32(38(36-30)27-16-14-26(33)15-17-27)35-18-6-20-37-19-5-9-28(37)21-24-7-3-2-4-8-24/h2-4,7-8,10-17,28,35H,5-6,9,18-21H2,1H3. The smallest absolute Gasteiger partial charge is 0.214 e. The number of rotatable bonds is 10. The molecule has 1 unspecified atom stereocenters. The Morgan fingerprint density at radius 1 is 1.08 bits per heavy atom. The van der Waals surface area contributed by atoms with Gasteiger partial charge >= 0.3 is 0 Å². The molecule has 1 N–H and O–H groups in total. The van der Waals surface area contributed by atoms with Gasteiger partial charge in [0.15, 0.2) is 5.69 Å². The summed E-state index contributed by atoms with van der Waals surface area (Å²) in [6.07, 6.45) is 4.41. The number of aromatic nitrogens is 2. The van der Waals surface area contributed by atoms with E-state index in [0.29, 0.717) is 29.0 Å². The first kappa shape index (κ1) is 26.7. The molecule has 0 spiro atoms. The van der Waals surface area contributed by atoms with Gasteiger partial charge in [0.1, 0.15) is 17.5 Å². The van der Waals surface area contributed by atoms with Crippen LogP contribution in [0.4, 0.5) is 5.82 Å². The predicted octanol–water partition coefficient (Wildman–Crippen LogP) is 6.45. The number of nitrogens with zero attached hydrogens (tertiary/aromatic N) is 4. The van der Waals surface area contributed by atoms with Crippen LogP contribution >= 0.6 is 11.6 Å². The number of likely N-dealkylation sites (tertiary alicyclic amines) is 1. The number of benzene rings is 3. The molecule has 0 aliphatic carbocycles. The van der Waals surface area contributed by atoms with Crippen molar-refractivity contribution in [2.75, 3.05) is 25.0 Å². The van der Waals surface area contributed by atoms with Crippen LogP contribution in [-0.4, -0.2) is 46.1 Å². The Hall–Kier alpha value is -3.92. The number of carbonyl (C=O) groups excluding carboxylic acids is 1. The fraction of sp³-hybridized carbons (Fsp3) is 0.281. The van der Waals surface area contributed by atoms with E-state index < -0.39 is 0 Å². The Morgan fingerprint density at radius 3 is 2.54 bits per heavy atom. The van der Waals surface area contributed by atoms with E-state index in [1.54, 1.807) is 28.9 Å². The van der Waals surface area contributed by atoms with Crippen molar-refractivity contribution in [3.8, 4) is 11.8 Å². The second-order valence-corrected chi connectivity index (χ2v) is 10.5. The van der Waals surface area contributed by atoms with Crippen molar-refractivity contribution in [3.63, 3.8) is 0 Å². The quantitative estimate of drug-likeness (QED) is 0.186. The lowest BCUT2D eigenvalue weighted by Crippen LogP contribution is -2.32. The van der Waals surface area contributed by atoms with Gasteiger partial charge in [-0.25, -0.2) is 4.68 Å². The number of aryl methyl sites for hydroxylation is 1. The molecule has 1 aliphatic heterocycles. The molecule has 7 heteroatoms. The summed E-state index contributed by atoms with van der Waals surface area (Å²) >= 11 is 6.12. The van der Waals surface area contributed by atoms with E-state index in [9.17, 15) is 10.1 Å². The first-order valence-corrected chi connectivity index (χ1v) is 13.8. The maximum atomic E-state index is 13.4. The number of nitriles is 1. The highest BCUT2D eigenvalue weighted by atomic mass is 35.5. The summed E-state index contributed by atoms with van der Waals surface area (Å²) in [5.74, 6) is 0.251. The highest BCUT2D eigenvalue weighted by molar-refractivity contribution is 6.30. The van der Waals surface area contributed by atoms with Crippen molar-refractivity contribution < 1.29 is 4.79 Å². The number of carbonyl (C=O) groups is 1. The molecule has 198 valence electrons. The molecule has 3 aromatic carbocycles. The van der Waals surface area contributed by atoms with Gasteiger partial charge in [-0.3, -0.25) is 9.69 Å². The van der Waals surface area contributed by atoms with E-state index in [-0.39, 0.29) is 17.0 Å². The van der Waals surface area contributed by atoms with Crippen LogP contribution in [0.2, 0.25) is 5.02 Å². The molecule has 1 atom stereocenters. The Morgan fingerprint density at radius 2 is 1.82 bits per heavy atom. The normalized spacial score (nSPS) is 15.3. The van der Waals surface area contributed by atoms with Gasteiger partial charge in [0.25, 0.3) is 0 Å². The molecule has 39 heavy (non-hydrogen) atoms. The van der Waals surface area contributed by atoms with Gasteiger partial charge in [-0.2, -0.15) is 10.4 Å². The average Bonchev–Trinajstić information content (AvgIpc) is 3.56. The van der Waals surface area contributed by atoms with E-state index in [1.165, 1.54) is 18.4 Å². The highest BCUT2D eigenvalue weighted by Crippen LogP contribution is 2.27. The molecule has 0 bridgehead atoms. The second-order valence-electron chi connectivity index (χ2n) is 10.1. The molecule has 0 amide bonds. The van der Waals surface area contributed by atoms with E-state index >= 15 is 0 Å². The van der Waals surface area contributed by atoms with E-state index in [4.69, 9.17) is 11.6 Å². The summed E-state index contributed by atoms with van der Waals surface area (Å²) in [5, 5.41) is 18.8. The van der Waals surface area contributed by atoms with Gasteiger partial charge < -0.3 is 5.32 Å². The van der Waals surface area contributed by atoms with Gasteiger partial charge in [0.05, 0.1) is 5.69 Å². The van der Waals surface area contributed by atoms with E-state index in [0.717, 1.165) is 37.2 Å². The Balaban J connectivity index is 1.33. The molecule has 1 fully saturated rings. The summed E-state index contributed by atoms with van der Waals surface area (Å²) in [4.78, 5) is 16.0. The Bertz CT molecular complexity index is 1460. The minimum atomic E-state index is -0.275. The zero-order valence-corrected chi connectivity index (χ0v) is 22.9. The summed E-state index contributed by atoms with van der Waals surface area (Å²) in [5.41, 5.74) is 4.06. The largest absolute Gasteiger partial charge is 0.369 e. The fourth-order valence-electron chi connectivity index (χ4n) is 5.25. The van der Waals surface area contributed by atoms with E-state index in [2.05, 4.69) is 51.7 Å². The lowest BCUT2D eigenvalue weighted by Gasteiger charge is -2.24. The number of ketones is 1. The molecular formula is C32H32ClN5O. The van der Waals surface area contributed by atoms with Crippen LogP contribution in [0, 0.1) is 18.3 Å². The van der Waals surface area contributed by atoms with Crippen LogP contribution < -0.4 is 5.32 Å². The fourth-order valence-corrected chi connectivity index (χ4v) is 5.38.